The zero-order chi connectivity index (χ0) is 24.1. The molecule has 8 heteroatoms. The third-order valence-corrected chi connectivity index (χ3v) is 5.91. The summed E-state index contributed by atoms with van der Waals surface area (Å²) < 4.78 is 11.3. The molecule has 0 saturated carbocycles. The third kappa shape index (κ3) is 5.65. The molecule has 2 N–H and O–H groups in total. The van der Waals surface area contributed by atoms with Crippen molar-refractivity contribution < 1.29 is 24.2 Å². The number of hydrogen-bond acceptors (Lipinski definition) is 6. The smallest absolute Gasteiger partial charge is 0.335 e. The highest BCUT2D eigenvalue weighted by molar-refractivity contribution is 8.18. The topological polar surface area (TPSA) is 97.2 Å². The Kier molecular flexibility index (Phi) is 6.98. The van der Waals surface area contributed by atoms with Crippen LogP contribution in [0.4, 0.5) is 5.69 Å². The Morgan fingerprint density at radius 2 is 1.79 bits per heavy atom. The molecule has 1 aliphatic heterocycles. The predicted molar refractivity (Wildman–Crippen MR) is 133 cm³/mol. The van der Waals surface area contributed by atoms with Gasteiger partial charge < -0.3 is 19.9 Å². The van der Waals surface area contributed by atoms with Crippen LogP contribution in [0, 0.1) is 6.92 Å². The fourth-order valence-electron chi connectivity index (χ4n) is 3.17. The molecule has 172 valence electrons. The van der Waals surface area contributed by atoms with Gasteiger partial charge in [-0.2, -0.15) is 0 Å². The molecule has 1 amide bonds. The minimum Gasteiger partial charge on any atom is -0.493 e. The van der Waals surface area contributed by atoms with Crippen LogP contribution in [0.1, 0.15) is 27.0 Å². The number of hydrogen-bond donors (Lipinski definition) is 2. The van der Waals surface area contributed by atoms with Crippen molar-refractivity contribution in [3.05, 3.63) is 93.9 Å². The highest BCUT2D eigenvalue weighted by Crippen LogP contribution is 2.32. The first-order valence-electron chi connectivity index (χ1n) is 10.4. The van der Waals surface area contributed by atoms with Gasteiger partial charge in [0.1, 0.15) is 6.61 Å². The number of benzene rings is 3. The zero-order valence-electron chi connectivity index (χ0n) is 18.6. The standard InChI is InChI=1S/C26H22N2O5S/c1-16-3-10-20(11-4-16)27-26-28-24(29)23(34-26)14-18-7-12-21(22(13-18)32-2)33-15-17-5-8-19(9-6-17)25(30)31/h3-14H,15H2,1-2H3,(H,30,31)(H,27,28,29)/b23-14-. The lowest BCUT2D eigenvalue weighted by molar-refractivity contribution is -0.115. The molecule has 0 spiro atoms. The van der Waals surface area contributed by atoms with Crippen LogP contribution < -0.4 is 14.8 Å². The van der Waals surface area contributed by atoms with Crippen LogP contribution in [0.25, 0.3) is 6.08 Å². The molecule has 0 aromatic heterocycles. The number of rotatable bonds is 7. The van der Waals surface area contributed by atoms with Crippen molar-refractivity contribution in [1.82, 2.24) is 5.32 Å². The van der Waals surface area contributed by atoms with Gasteiger partial charge in [-0.05, 0) is 72.3 Å². The van der Waals surface area contributed by atoms with Gasteiger partial charge in [0.05, 0.1) is 23.3 Å². The molecule has 7 nitrogen and oxygen atoms in total. The first-order valence-corrected chi connectivity index (χ1v) is 11.2. The molecule has 1 fully saturated rings. The monoisotopic (exact) mass is 474 g/mol. The van der Waals surface area contributed by atoms with Crippen LogP contribution in [-0.4, -0.2) is 29.3 Å². The minimum absolute atomic E-state index is 0.208. The summed E-state index contributed by atoms with van der Waals surface area (Å²) in [6.45, 7) is 2.26. The molecular weight excluding hydrogens is 452 g/mol. The fraction of sp³-hybridized carbons (Fsp3) is 0.115. The SMILES string of the molecule is COc1cc(/C=C2\SC(=Nc3ccc(C)cc3)NC2=O)ccc1OCc1ccc(C(=O)O)cc1. The lowest BCUT2D eigenvalue weighted by Crippen LogP contribution is -2.19. The molecule has 1 aliphatic rings. The van der Waals surface area contributed by atoms with Gasteiger partial charge in [-0.3, -0.25) is 4.79 Å². The molecule has 0 radical (unpaired) electrons. The van der Waals surface area contributed by atoms with E-state index < -0.39 is 5.97 Å². The molecule has 0 bridgehead atoms. The Labute approximate surface area is 201 Å². The Balaban J connectivity index is 1.46. The van der Waals surface area contributed by atoms with Gasteiger partial charge in [-0.1, -0.05) is 35.9 Å². The van der Waals surface area contributed by atoms with E-state index in [1.807, 2.05) is 37.3 Å². The number of carbonyl (C=O) groups excluding carboxylic acids is 1. The zero-order valence-corrected chi connectivity index (χ0v) is 19.4. The molecule has 0 aliphatic carbocycles. The molecule has 3 aromatic rings. The maximum atomic E-state index is 12.4. The number of methoxy groups -OCH3 is 1. The number of aromatic carboxylic acids is 1. The Hall–Kier alpha value is -4.04. The van der Waals surface area contributed by atoms with Crippen LogP contribution in [0.3, 0.4) is 0 Å². The van der Waals surface area contributed by atoms with E-state index in [1.54, 1.807) is 37.5 Å². The lowest BCUT2D eigenvalue weighted by atomic mass is 10.1. The summed E-state index contributed by atoms with van der Waals surface area (Å²) in [6.07, 6.45) is 1.77. The van der Waals surface area contributed by atoms with E-state index in [2.05, 4.69) is 10.3 Å². The summed E-state index contributed by atoms with van der Waals surface area (Å²) in [5.74, 6) is -0.118. The first-order chi connectivity index (χ1) is 16.4. The van der Waals surface area contributed by atoms with Gasteiger partial charge in [0.2, 0.25) is 0 Å². The number of amidine groups is 1. The van der Waals surface area contributed by atoms with Crippen molar-refractivity contribution in [1.29, 1.82) is 0 Å². The number of nitrogens with one attached hydrogen (secondary N) is 1. The van der Waals surface area contributed by atoms with Gasteiger partial charge in [0.25, 0.3) is 5.91 Å². The molecular formula is C26H22N2O5S. The lowest BCUT2D eigenvalue weighted by Gasteiger charge is -2.11. The second kappa shape index (κ2) is 10.3. The highest BCUT2D eigenvalue weighted by Gasteiger charge is 2.24. The van der Waals surface area contributed by atoms with E-state index in [0.717, 1.165) is 22.4 Å². The molecule has 4 rings (SSSR count). The van der Waals surface area contributed by atoms with Crippen molar-refractivity contribution in [2.75, 3.05) is 7.11 Å². The number of ether oxygens (including phenoxy) is 2. The predicted octanol–water partition coefficient (Wildman–Crippen LogP) is 5.17. The van der Waals surface area contributed by atoms with Crippen molar-refractivity contribution in [2.45, 2.75) is 13.5 Å². The molecule has 0 atom stereocenters. The minimum atomic E-state index is -0.971. The van der Waals surface area contributed by atoms with Gasteiger partial charge in [0, 0.05) is 0 Å². The summed E-state index contributed by atoms with van der Waals surface area (Å²) >= 11 is 1.28. The number of thioether (sulfide) groups is 1. The largest absolute Gasteiger partial charge is 0.493 e. The van der Waals surface area contributed by atoms with Crippen LogP contribution in [0.15, 0.2) is 76.6 Å². The first kappa shape index (κ1) is 23.1. The average Bonchev–Trinajstić information content (AvgIpc) is 3.18. The van der Waals surface area contributed by atoms with Gasteiger partial charge >= 0.3 is 5.97 Å². The van der Waals surface area contributed by atoms with E-state index in [4.69, 9.17) is 14.6 Å². The highest BCUT2D eigenvalue weighted by atomic mass is 32.2. The van der Waals surface area contributed by atoms with E-state index in [0.29, 0.717) is 21.6 Å². The van der Waals surface area contributed by atoms with E-state index in [9.17, 15) is 9.59 Å². The van der Waals surface area contributed by atoms with Crippen LogP contribution in [0.2, 0.25) is 0 Å². The number of carboxylic acid groups (broad SMARTS) is 1. The summed E-state index contributed by atoms with van der Waals surface area (Å²) in [4.78, 5) is 28.4. The second-order valence-electron chi connectivity index (χ2n) is 7.52. The second-order valence-corrected chi connectivity index (χ2v) is 8.55. The Bertz CT molecular complexity index is 1280. The quantitative estimate of drug-likeness (QED) is 0.459. The van der Waals surface area contributed by atoms with Crippen LogP contribution in [0.5, 0.6) is 11.5 Å². The summed E-state index contributed by atoms with van der Waals surface area (Å²) in [7, 11) is 1.55. The number of carboxylic acids is 1. The van der Waals surface area contributed by atoms with Crippen LogP contribution >= 0.6 is 11.8 Å². The average molecular weight is 475 g/mol. The fourth-order valence-corrected chi connectivity index (χ4v) is 4.01. The number of amides is 1. The van der Waals surface area contributed by atoms with Crippen molar-refractivity contribution in [3.63, 3.8) is 0 Å². The third-order valence-electron chi connectivity index (χ3n) is 5.00. The van der Waals surface area contributed by atoms with Crippen molar-refractivity contribution >= 4 is 40.6 Å². The van der Waals surface area contributed by atoms with Crippen LogP contribution in [-0.2, 0) is 11.4 Å². The van der Waals surface area contributed by atoms with E-state index in [-0.39, 0.29) is 18.1 Å². The number of carbonyl (C=O) groups is 2. The maximum Gasteiger partial charge on any atom is 0.335 e. The van der Waals surface area contributed by atoms with E-state index in [1.165, 1.54) is 23.9 Å². The molecule has 0 unspecified atom stereocenters. The molecule has 34 heavy (non-hydrogen) atoms. The summed E-state index contributed by atoms with van der Waals surface area (Å²) in [5, 5.41) is 12.3. The number of aryl methyl sites for hydroxylation is 1. The molecule has 3 aromatic carbocycles. The van der Waals surface area contributed by atoms with E-state index >= 15 is 0 Å². The maximum absolute atomic E-state index is 12.4. The normalized spacial score (nSPS) is 15.4. The van der Waals surface area contributed by atoms with Gasteiger partial charge in [-0.25, -0.2) is 9.79 Å². The summed E-state index contributed by atoms with van der Waals surface area (Å²) in [5.41, 5.74) is 3.75. The summed E-state index contributed by atoms with van der Waals surface area (Å²) in [6, 6.07) is 19.6. The van der Waals surface area contributed by atoms with Crippen molar-refractivity contribution in [2.24, 2.45) is 4.99 Å². The van der Waals surface area contributed by atoms with Gasteiger partial charge in [0.15, 0.2) is 16.7 Å². The number of aliphatic imine (C=N–C) groups is 1. The van der Waals surface area contributed by atoms with Crippen molar-refractivity contribution in [3.8, 4) is 11.5 Å². The Morgan fingerprint density at radius 1 is 1.06 bits per heavy atom. The molecule has 1 heterocycles. The number of nitrogens with zero attached hydrogens (tertiary/aromatic N) is 1. The molecule has 1 saturated heterocycles. The van der Waals surface area contributed by atoms with Gasteiger partial charge in [-0.15, -0.1) is 0 Å². The Morgan fingerprint density at radius 3 is 2.47 bits per heavy atom.